The molecule has 164 valence electrons. The molecule has 0 aliphatic rings. The van der Waals surface area contributed by atoms with Gasteiger partial charge in [0.25, 0.3) is 0 Å². The third-order valence-corrected chi connectivity index (χ3v) is 5.27. The number of amides is 2. The second-order valence-corrected chi connectivity index (χ2v) is 8.14. The number of nitriles is 2. The largest absolute Gasteiger partial charge is 0.369 e. The fourth-order valence-electron chi connectivity index (χ4n) is 2.69. The van der Waals surface area contributed by atoms with E-state index in [0.29, 0.717) is 36.6 Å². The number of halogens is 2. The Morgan fingerprint density at radius 2 is 1.72 bits per heavy atom. The lowest BCUT2D eigenvalue weighted by Crippen LogP contribution is -2.26. The van der Waals surface area contributed by atoms with Crippen LogP contribution >= 0.6 is 34.2 Å². The molecule has 32 heavy (non-hydrogen) atoms. The number of carbonyl (C=O) groups is 2. The molecule has 0 fully saturated rings. The molecule has 0 aromatic heterocycles. The number of hydrogen-bond donors (Lipinski definition) is 2. The fraction of sp³-hybridized carbons (Fsp3) is 0.227. The quantitative estimate of drug-likeness (QED) is 0.196. The zero-order valence-electron chi connectivity index (χ0n) is 17.0. The molecule has 2 aromatic carbocycles. The van der Waals surface area contributed by atoms with Crippen molar-refractivity contribution >= 4 is 63.6 Å². The molecule has 0 atom stereocenters. The highest BCUT2D eigenvalue weighted by Crippen LogP contribution is 2.24. The summed E-state index contributed by atoms with van der Waals surface area (Å²) < 4.78 is 0.927. The average molecular weight is 563 g/mol. The summed E-state index contributed by atoms with van der Waals surface area (Å²) in [6.07, 6.45) is 1.84. The topological polar surface area (TPSA) is 121 Å². The van der Waals surface area contributed by atoms with Crippen LogP contribution in [0.3, 0.4) is 0 Å². The summed E-state index contributed by atoms with van der Waals surface area (Å²) >= 11 is 7.98. The lowest BCUT2D eigenvalue weighted by Gasteiger charge is -2.24. The molecule has 0 bridgehead atoms. The van der Waals surface area contributed by atoms with Gasteiger partial charge < -0.3 is 10.2 Å². The minimum Gasteiger partial charge on any atom is -0.369 e. The fourth-order valence-corrected chi connectivity index (χ4v) is 3.69. The predicted octanol–water partition coefficient (Wildman–Crippen LogP) is 4.06. The molecule has 2 amide bonds. The van der Waals surface area contributed by atoms with Gasteiger partial charge in [-0.05, 0) is 64.6 Å². The number of hydrogen-bond acceptors (Lipinski definition) is 6. The first-order chi connectivity index (χ1) is 15.4. The second-order valence-electron chi connectivity index (χ2n) is 6.54. The molecule has 0 radical (unpaired) electrons. The molecule has 0 unspecified atom stereocenters. The van der Waals surface area contributed by atoms with Crippen LogP contribution in [0.4, 0.5) is 11.4 Å². The van der Waals surface area contributed by atoms with Crippen molar-refractivity contribution in [3.05, 3.63) is 56.6 Å². The molecule has 0 saturated carbocycles. The standard InChI is InChI=1S/C22H20ClIN6O2/c23-17-4-6-18(7-5-17)28-21(31)14-22(32)29-27-15-16-3-8-20(19(24)13-16)30(11-1-9-25)12-2-10-26/h3-8,13,15H,1-2,11-12,14H2,(H,28,31)(H,29,32)/b27-15+. The van der Waals surface area contributed by atoms with Gasteiger partial charge in [0.05, 0.1) is 36.9 Å². The number of benzene rings is 2. The van der Waals surface area contributed by atoms with Crippen molar-refractivity contribution in [1.82, 2.24) is 5.43 Å². The van der Waals surface area contributed by atoms with Gasteiger partial charge in [-0.2, -0.15) is 15.6 Å². The van der Waals surface area contributed by atoms with E-state index in [0.717, 1.165) is 14.8 Å². The molecular weight excluding hydrogens is 543 g/mol. The van der Waals surface area contributed by atoms with Crippen molar-refractivity contribution in [3.8, 4) is 12.1 Å². The lowest BCUT2D eigenvalue weighted by molar-refractivity contribution is -0.126. The van der Waals surface area contributed by atoms with E-state index in [4.69, 9.17) is 22.1 Å². The molecule has 2 N–H and O–H groups in total. The van der Waals surface area contributed by atoms with E-state index >= 15 is 0 Å². The number of anilines is 2. The lowest BCUT2D eigenvalue weighted by atomic mass is 10.2. The van der Waals surface area contributed by atoms with Crippen LogP contribution in [0.1, 0.15) is 24.8 Å². The van der Waals surface area contributed by atoms with E-state index in [1.54, 1.807) is 24.3 Å². The maximum Gasteiger partial charge on any atom is 0.249 e. The summed E-state index contributed by atoms with van der Waals surface area (Å²) in [5.74, 6) is -1.01. The molecule has 2 aromatic rings. The van der Waals surface area contributed by atoms with Gasteiger partial charge in [0, 0.05) is 27.4 Å². The summed E-state index contributed by atoms with van der Waals surface area (Å²) in [6, 6.07) is 16.4. The van der Waals surface area contributed by atoms with E-state index in [2.05, 4.69) is 50.6 Å². The molecule has 0 spiro atoms. The van der Waals surface area contributed by atoms with Crippen LogP contribution in [-0.2, 0) is 9.59 Å². The number of rotatable bonds is 10. The van der Waals surface area contributed by atoms with Crippen molar-refractivity contribution in [3.63, 3.8) is 0 Å². The zero-order chi connectivity index (χ0) is 23.3. The van der Waals surface area contributed by atoms with E-state index in [9.17, 15) is 9.59 Å². The number of nitrogens with one attached hydrogen (secondary N) is 2. The van der Waals surface area contributed by atoms with Gasteiger partial charge in [0.15, 0.2) is 0 Å². The minimum absolute atomic E-state index is 0.363. The highest BCUT2D eigenvalue weighted by Gasteiger charge is 2.11. The minimum atomic E-state index is -0.543. The molecular formula is C22H20ClIN6O2. The van der Waals surface area contributed by atoms with Gasteiger partial charge >= 0.3 is 0 Å². The van der Waals surface area contributed by atoms with E-state index in [-0.39, 0.29) is 6.42 Å². The third kappa shape index (κ3) is 8.53. The van der Waals surface area contributed by atoms with Crippen LogP contribution in [0.2, 0.25) is 5.02 Å². The highest BCUT2D eigenvalue weighted by atomic mass is 127. The second kappa shape index (κ2) is 13.3. The van der Waals surface area contributed by atoms with Crippen LogP contribution in [0.5, 0.6) is 0 Å². The summed E-state index contributed by atoms with van der Waals surface area (Å²) in [5, 5.41) is 24.8. The monoisotopic (exact) mass is 562 g/mol. The van der Waals surface area contributed by atoms with Gasteiger partial charge in [0.1, 0.15) is 6.42 Å². The van der Waals surface area contributed by atoms with E-state index in [1.807, 2.05) is 23.1 Å². The van der Waals surface area contributed by atoms with Gasteiger partial charge in [-0.15, -0.1) is 0 Å². The average Bonchev–Trinajstić information content (AvgIpc) is 2.76. The van der Waals surface area contributed by atoms with Gasteiger partial charge in [0.2, 0.25) is 11.8 Å². The first-order valence-electron chi connectivity index (χ1n) is 9.58. The smallest absolute Gasteiger partial charge is 0.249 e. The third-order valence-electron chi connectivity index (χ3n) is 4.15. The summed E-state index contributed by atoms with van der Waals surface area (Å²) in [5.41, 5.74) is 4.56. The zero-order valence-corrected chi connectivity index (χ0v) is 19.9. The predicted molar refractivity (Wildman–Crippen MR) is 132 cm³/mol. The highest BCUT2D eigenvalue weighted by molar-refractivity contribution is 14.1. The number of nitrogens with zero attached hydrogens (tertiary/aromatic N) is 4. The Kier molecular flexibility index (Phi) is 10.4. The molecule has 0 saturated heterocycles. The van der Waals surface area contributed by atoms with Crippen LogP contribution in [0.15, 0.2) is 47.6 Å². The summed E-state index contributed by atoms with van der Waals surface area (Å²) in [6.45, 7) is 1.07. The van der Waals surface area contributed by atoms with Gasteiger partial charge in [-0.1, -0.05) is 17.7 Å². The van der Waals surface area contributed by atoms with Gasteiger partial charge in [-0.25, -0.2) is 5.43 Å². The molecule has 10 heteroatoms. The Hall–Kier alpha value is -3.15. The van der Waals surface area contributed by atoms with Crippen LogP contribution in [-0.4, -0.2) is 31.1 Å². The Bertz CT molecular complexity index is 1040. The Morgan fingerprint density at radius 3 is 2.31 bits per heavy atom. The van der Waals surface area contributed by atoms with Crippen molar-refractivity contribution in [2.45, 2.75) is 19.3 Å². The Labute approximate surface area is 205 Å². The Balaban J connectivity index is 1.90. The van der Waals surface area contributed by atoms with Crippen molar-refractivity contribution < 1.29 is 9.59 Å². The number of hydrazone groups is 1. The summed E-state index contributed by atoms with van der Waals surface area (Å²) in [4.78, 5) is 25.9. The maximum atomic E-state index is 11.9. The van der Waals surface area contributed by atoms with Crippen LogP contribution < -0.4 is 15.6 Å². The van der Waals surface area contributed by atoms with Crippen molar-refractivity contribution in [2.24, 2.45) is 5.10 Å². The van der Waals surface area contributed by atoms with E-state index in [1.165, 1.54) is 6.21 Å². The van der Waals surface area contributed by atoms with Gasteiger partial charge in [-0.3, -0.25) is 9.59 Å². The molecule has 0 aliphatic carbocycles. The molecule has 2 rings (SSSR count). The molecule has 8 nitrogen and oxygen atoms in total. The number of carbonyl (C=O) groups excluding carboxylic acids is 2. The molecule has 0 heterocycles. The van der Waals surface area contributed by atoms with Crippen molar-refractivity contribution in [2.75, 3.05) is 23.3 Å². The van der Waals surface area contributed by atoms with E-state index < -0.39 is 11.8 Å². The maximum absolute atomic E-state index is 11.9. The van der Waals surface area contributed by atoms with Crippen LogP contribution in [0, 0.1) is 26.2 Å². The normalized spacial score (nSPS) is 10.2. The summed E-state index contributed by atoms with van der Waals surface area (Å²) in [7, 11) is 0. The molecule has 0 aliphatic heterocycles. The van der Waals surface area contributed by atoms with Crippen LogP contribution in [0.25, 0.3) is 0 Å². The Morgan fingerprint density at radius 1 is 1.06 bits per heavy atom. The van der Waals surface area contributed by atoms with Crippen molar-refractivity contribution in [1.29, 1.82) is 10.5 Å². The first-order valence-corrected chi connectivity index (χ1v) is 11.0. The first kappa shape index (κ1) is 25.1. The SMILES string of the molecule is N#CCCN(CCC#N)c1ccc(/C=N/NC(=O)CC(=O)Nc2ccc(Cl)cc2)cc1I.